The van der Waals surface area contributed by atoms with Crippen LogP contribution in [0.3, 0.4) is 0 Å². The number of rotatable bonds is 21. The SMILES string of the molecule is CC[C@H](Nc1nccc2[nH]cnc12)c1nc2cccc(F)c2c(=O)n1-c1ccccc1.C[C@H](Nc1ncnc2nc[nH]c12)c1cc2cccc(Cl)c2c(=O)n1-c1ccccc1.Cc1ccc2c(c1)C(C)N(c1ccccc1)C([C@H](C)Nc1ncnc3nc[nH]c13)=N2.Cc1ccc2cc([C@H](C)Nc3ncnc4nc[nH]c34)c(-c3ccccn3)nc2c1.Cc1nccnc1C(=O)N[C@@H](C)c1nc2cccc(Cl)c2c(=O)n1-c1ccccc1. The molecular weight excluding hydrogens is 1930 g/mol. The highest BCUT2D eigenvalue weighted by molar-refractivity contribution is 6.36. The average Bonchev–Trinajstić information content (AvgIpc) is 0.924. The number of aliphatic imine (C=N–C) groups is 1. The van der Waals surface area contributed by atoms with E-state index in [0.29, 0.717) is 118 Å². The van der Waals surface area contributed by atoms with E-state index < -0.39 is 23.3 Å². The van der Waals surface area contributed by atoms with E-state index in [9.17, 15) is 23.6 Å². The Morgan fingerprint density at radius 2 is 0.960 bits per heavy atom. The monoisotopic (exact) mass is 2030 g/mol. The third kappa shape index (κ3) is 20.4. The summed E-state index contributed by atoms with van der Waals surface area (Å²) in [5.41, 5.74) is 18.5. The number of aromatic amines is 4. The molecule has 1 unspecified atom stereocenters. The minimum absolute atomic E-state index is 0.0301. The first-order valence-corrected chi connectivity index (χ1v) is 49.0. The Labute approximate surface area is 865 Å². The predicted octanol–water partition coefficient (Wildman–Crippen LogP) is 21.7. The zero-order valence-electron chi connectivity index (χ0n) is 82.3. The van der Waals surface area contributed by atoms with Gasteiger partial charge in [0, 0.05) is 58.4 Å². The highest BCUT2D eigenvalue weighted by Crippen LogP contribution is 2.41. The number of aromatic nitrogens is 24. The van der Waals surface area contributed by atoms with Gasteiger partial charge in [0.05, 0.1) is 139 Å². The Bertz CT molecular complexity index is 9160. The number of fused-ring (bicyclic) bond motifs is 9. The second-order valence-corrected chi connectivity index (χ2v) is 36.3. The summed E-state index contributed by atoms with van der Waals surface area (Å²) in [6.45, 7) is 18.1. The fourth-order valence-electron chi connectivity index (χ4n) is 18.2. The van der Waals surface area contributed by atoms with Gasteiger partial charge in [-0.2, -0.15) is 0 Å². The van der Waals surface area contributed by atoms with Gasteiger partial charge in [0.15, 0.2) is 40.2 Å². The van der Waals surface area contributed by atoms with Crippen LogP contribution in [0.15, 0.2) is 337 Å². The number of pyridine rings is 4. The molecule has 1 aliphatic rings. The van der Waals surface area contributed by atoms with Crippen LogP contribution in [-0.4, -0.2) is 136 Å². The molecule has 0 fully saturated rings. The lowest BCUT2D eigenvalue weighted by Gasteiger charge is -2.39. The van der Waals surface area contributed by atoms with E-state index in [-0.39, 0.29) is 52.4 Å². The molecule has 9 N–H and O–H groups in total. The van der Waals surface area contributed by atoms with Crippen molar-refractivity contribution in [1.29, 1.82) is 0 Å². The summed E-state index contributed by atoms with van der Waals surface area (Å²) in [7, 11) is 0. The van der Waals surface area contributed by atoms with Gasteiger partial charge in [-0.15, -0.1) is 0 Å². The molecule has 35 nitrogen and oxygen atoms in total. The minimum atomic E-state index is -0.588. The Morgan fingerprint density at radius 1 is 0.427 bits per heavy atom. The van der Waals surface area contributed by atoms with E-state index in [0.717, 1.165) is 78.4 Å². The Kier molecular flexibility index (Phi) is 28.6. The molecule has 0 saturated heterocycles. The largest absolute Gasteiger partial charge is 0.362 e. The molecule has 15 heterocycles. The van der Waals surface area contributed by atoms with Crippen molar-refractivity contribution in [3.8, 4) is 28.5 Å². The van der Waals surface area contributed by atoms with Gasteiger partial charge in [0.25, 0.3) is 22.6 Å². The normalized spacial score (nSPS) is 13.2. The number of amides is 1. The number of amidine groups is 1. The molecule has 23 aromatic rings. The maximum absolute atomic E-state index is 14.6. The number of nitrogens with zero attached hydrogens (tertiary/aromatic N) is 22. The molecule has 0 saturated carbocycles. The summed E-state index contributed by atoms with van der Waals surface area (Å²) in [6.07, 6.45) is 18.0. The van der Waals surface area contributed by atoms with E-state index in [1.54, 1.807) is 117 Å². The van der Waals surface area contributed by atoms with Crippen LogP contribution in [-0.2, 0) is 0 Å². The number of aryl methyl sites for hydroxylation is 3. The third-order valence-corrected chi connectivity index (χ3v) is 26.1. The number of anilines is 5. The molecular formula is C112H96Cl2FN31O4. The topological polar surface area (TPSA) is 441 Å². The van der Waals surface area contributed by atoms with Gasteiger partial charge in [0.2, 0.25) is 0 Å². The molecule has 0 spiro atoms. The van der Waals surface area contributed by atoms with Gasteiger partial charge in [-0.25, -0.2) is 84.1 Å². The molecule has 0 bridgehead atoms. The van der Waals surface area contributed by atoms with Crippen LogP contribution in [0.2, 0.25) is 10.0 Å². The smallest absolute Gasteiger partial charge is 0.272 e. The minimum Gasteiger partial charge on any atom is -0.362 e. The first kappa shape index (κ1) is 98.4. The van der Waals surface area contributed by atoms with Crippen LogP contribution < -0.4 is 48.2 Å². The lowest BCUT2D eigenvalue weighted by molar-refractivity contribution is 0.0931. The maximum Gasteiger partial charge on any atom is 0.272 e. The molecule has 0 radical (unpaired) electrons. The average molecular weight is 2030 g/mol. The molecule has 1 aliphatic heterocycles. The van der Waals surface area contributed by atoms with Crippen LogP contribution in [0, 0.1) is 26.6 Å². The summed E-state index contributed by atoms with van der Waals surface area (Å²) < 4.78 is 19.2. The van der Waals surface area contributed by atoms with E-state index in [1.165, 1.54) is 63.3 Å². The number of imidazole rings is 4. The zero-order valence-corrected chi connectivity index (χ0v) is 83.8. The lowest BCUT2D eigenvalue weighted by Crippen LogP contribution is -2.45. The highest BCUT2D eigenvalue weighted by atomic mass is 35.5. The fraction of sp³-hybridized carbons (Fsp3) is 0.143. The summed E-state index contributed by atoms with van der Waals surface area (Å²) in [5.74, 6) is 3.43. The number of hydrogen-bond acceptors (Lipinski definition) is 27. The van der Waals surface area contributed by atoms with Crippen molar-refractivity contribution < 1.29 is 9.18 Å². The zero-order chi connectivity index (χ0) is 104. The van der Waals surface area contributed by atoms with E-state index in [4.69, 9.17) is 38.2 Å². The molecule has 150 heavy (non-hydrogen) atoms. The summed E-state index contributed by atoms with van der Waals surface area (Å²) >= 11 is 12.7. The number of benzene rings is 9. The Hall–Kier alpha value is -19.0. The Morgan fingerprint density at radius 3 is 1.58 bits per heavy atom. The maximum atomic E-state index is 14.6. The molecule has 9 aromatic carbocycles. The number of para-hydroxylation sites is 4. The van der Waals surface area contributed by atoms with Crippen molar-refractivity contribution in [2.75, 3.05) is 26.2 Å². The first-order valence-electron chi connectivity index (χ1n) is 48.2. The van der Waals surface area contributed by atoms with Gasteiger partial charge in [-0.1, -0.05) is 163 Å². The number of H-pyrrole nitrogens is 4. The van der Waals surface area contributed by atoms with Gasteiger partial charge >= 0.3 is 0 Å². The van der Waals surface area contributed by atoms with Gasteiger partial charge < -0.3 is 51.4 Å². The van der Waals surface area contributed by atoms with Crippen LogP contribution in [0.25, 0.3) is 116 Å². The summed E-state index contributed by atoms with van der Waals surface area (Å²) in [6, 6.07) is 76.7. The molecule has 1 amide bonds. The van der Waals surface area contributed by atoms with Gasteiger partial charge in [0.1, 0.15) is 75.4 Å². The number of hydrogen-bond donors (Lipinski definition) is 9. The van der Waals surface area contributed by atoms with Crippen LogP contribution in [0.4, 0.5) is 39.0 Å². The first-order chi connectivity index (χ1) is 73.1. The number of nitrogens with one attached hydrogen (secondary N) is 9. The molecule has 744 valence electrons. The van der Waals surface area contributed by atoms with Crippen molar-refractivity contribution in [1.82, 2.24) is 124 Å². The van der Waals surface area contributed by atoms with Crippen molar-refractivity contribution in [2.45, 2.75) is 105 Å². The standard InChI is InChI=1S/C23H19FN6O.C23H23N7.C22H17ClN6O.C22H18ClN5O2.C22H19N7/c1-2-16(28-21-20-18(11-12-25-21)26-13-27-20)22-29-17-10-6-9-15(24)19(17)23(31)30(22)14-7-4-3-5-8-14;1-14-9-10-19-18(11-14)16(3)30(17-7-5-4-6-8-17)23(29-19)15(2)28-22-20-21(25-12-24-20)26-13-27-22;1-13(28-21-19-20(25-11-24-19)26-12-27-21)17-10-14-6-5-9-16(23)18(14)22(30)29(17)15-7-3-2-4-8-15;1-13-19(25-12-11-24-13)21(29)26-14(2)20-27-17-10-6-9-16(23)18(17)22(30)28(20)15-7-4-3-5-8-15;1-13-6-7-15-10-16(19(29-18(15)9-13)17-5-3-4-8-23-17)14(2)28-22-20-21(25-11-24-20)26-12-27-22/h3-13,16H,2H2,1H3,(H,25,28)(H,26,27);4-13,15-16H,1-3H3,(H2,24,25,26,27,28);2-13H,1H3,(H2,24,25,26,27,28);3-12,14H,1-2H3,(H,26,29);3-12,14H,1-2H3,(H2,24,25,26,27,28)/t16-;15-,16?;13-;2*14-/m00000/s1. The number of carbonyl (C=O) groups excluding carboxylic acids is 1. The van der Waals surface area contributed by atoms with E-state index >= 15 is 0 Å². The highest BCUT2D eigenvalue weighted by Gasteiger charge is 2.34. The fourth-order valence-corrected chi connectivity index (χ4v) is 18.7. The molecule has 24 rings (SSSR count). The van der Waals surface area contributed by atoms with Crippen molar-refractivity contribution in [2.24, 2.45) is 4.99 Å². The van der Waals surface area contributed by atoms with E-state index in [1.807, 2.05) is 129 Å². The van der Waals surface area contributed by atoms with Gasteiger partial charge in [-0.3, -0.25) is 42.8 Å². The summed E-state index contributed by atoms with van der Waals surface area (Å²) in [4.78, 5) is 147. The second kappa shape index (κ2) is 43.5. The lowest BCUT2D eigenvalue weighted by atomic mass is 9.98. The van der Waals surface area contributed by atoms with Crippen LogP contribution >= 0.6 is 23.2 Å². The van der Waals surface area contributed by atoms with Crippen molar-refractivity contribution in [3.63, 3.8) is 0 Å². The molecule has 0 aliphatic carbocycles. The molecule has 14 aromatic heterocycles. The quantitative estimate of drug-likeness (QED) is 0.0323. The van der Waals surface area contributed by atoms with Crippen LogP contribution in [0.5, 0.6) is 0 Å². The number of halogens is 3. The Balaban J connectivity index is 0.000000113. The molecule has 38 heteroatoms. The molecule has 6 atom stereocenters. The van der Waals surface area contributed by atoms with Crippen molar-refractivity contribution >= 4 is 158 Å². The number of carbonyl (C=O) groups is 1. The summed E-state index contributed by atoms with van der Waals surface area (Å²) in [5, 5.41) is 20.1. The van der Waals surface area contributed by atoms with Gasteiger partial charge in [-0.05, 0) is 194 Å². The second-order valence-electron chi connectivity index (χ2n) is 35.5. The van der Waals surface area contributed by atoms with Crippen LogP contribution in [0.1, 0.15) is 134 Å². The van der Waals surface area contributed by atoms with Crippen molar-refractivity contribution in [3.05, 3.63) is 416 Å². The van der Waals surface area contributed by atoms with E-state index in [2.05, 4.69) is 228 Å². The third-order valence-electron chi connectivity index (χ3n) is 25.5. The predicted molar refractivity (Wildman–Crippen MR) is 585 cm³/mol.